The average molecular weight is 545 g/mol. The molecule has 3 heterocycles. The molecule has 3 N–H and O–H groups in total. The number of rotatable bonds is 11. The van der Waals surface area contributed by atoms with Crippen LogP contribution < -0.4 is 15.5 Å². The standard InChI is InChI=1S/C29H44N4O4S/c1-7-16-30-25(35)22-23-27(37)33(21(17-34)18(4)5)24(29(23)15-14-28(22,6)38-29)26(36)31-19-10-12-20(13-11-19)32(8-2)9-3/h10-13,18,21-24,34H,7-9,14-17H2,1-6H3,(H,30,35)(H,31,36)/t21-,22-,23-,24?,28+,29?/m0/s1. The molecule has 3 aliphatic heterocycles. The molecule has 3 aliphatic rings. The quantitative estimate of drug-likeness (QED) is 0.394. The fourth-order valence-electron chi connectivity index (χ4n) is 6.95. The molecule has 38 heavy (non-hydrogen) atoms. The van der Waals surface area contributed by atoms with E-state index in [2.05, 4.69) is 36.3 Å². The molecule has 0 aromatic heterocycles. The largest absolute Gasteiger partial charge is 0.394 e. The zero-order valence-electron chi connectivity index (χ0n) is 23.6. The lowest BCUT2D eigenvalue weighted by Crippen LogP contribution is -2.56. The molecule has 2 bridgehead atoms. The summed E-state index contributed by atoms with van der Waals surface area (Å²) in [7, 11) is 0. The highest BCUT2D eigenvalue weighted by Crippen LogP contribution is 2.71. The normalized spacial score (nSPS) is 30.5. The molecule has 0 radical (unpaired) electrons. The second-order valence-electron chi connectivity index (χ2n) is 11.5. The van der Waals surface area contributed by atoms with Crippen molar-refractivity contribution in [1.82, 2.24) is 10.2 Å². The number of hydrogen-bond donors (Lipinski definition) is 3. The van der Waals surface area contributed by atoms with E-state index in [1.165, 1.54) is 0 Å². The number of aliphatic hydroxyl groups excluding tert-OH is 1. The van der Waals surface area contributed by atoms with Crippen LogP contribution in [0, 0.1) is 17.8 Å². The third-order valence-electron chi connectivity index (χ3n) is 8.87. The Hall–Kier alpha value is -2.26. The minimum absolute atomic E-state index is 0.0482. The Kier molecular flexibility index (Phi) is 8.38. The Bertz CT molecular complexity index is 1050. The van der Waals surface area contributed by atoms with Gasteiger partial charge in [0.2, 0.25) is 17.7 Å². The van der Waals surface area contributed by atoms with Crippen molar-refractivity contribution in [2.24, 2.45) is 17.8 Å². The van der Waals surface area contributed by atoms with Gasteiger partial charge in [-0.1, -0.05) is 20.8 Å². The highest BCUT2D eigenvalue weighted by molar-refractivity contribution is 8.02. The van der Waals surface area contributed by atoms with E-state index >= 15 is 0 Å². The van der Waals surface area contributed by atoms with Gasteiger partial charge in [-0.05, 0) is 70.2 Å². The van der Waals surface area contributed by atoms with Gasteiger partial charge in [0.15, 0.2) is 0 Å². The summed E-state index contributed by atoms with van der Waals surface area (Å²) in [6.07, 6.45) is 2.28. The number of anilines is 2. The number of thioether (sulfide) groups is 1. The van der Waals surface area contributed by atoms with Crippen LogP contribution in [0.2, 0.25) is 0 Å². The van der Waals surface area contributed by atoms with Crippen molar-refractivity contribution >= 4 is 40.9 Å². The number of amides is 3. The predicted octanol–water partition coefficient (Wildman–Crippen LogP) is 3.50. The number of carbonyl (C=O) groups is 3. The van der Waals surface area contributed by atoms with E-state index in [-0.39, 0.29) is 30.2 Å². The maximum atomic E-state index is 14.2. The highest BCUT2D eigenvalue weighted by atomic mass is 32.2. The number of nitrogens with one attached hydrogen (secondary N) is 2. The van der Waals surface area contributed by atoms with E-state index < -0.39 is 33.4 Å². The van der Waals surface area contributed by atoms with Gasteiger partial charge in [-0.15, -0.1) is 11.8 Å². The zero-order chi connectivity index (χ0) is 27.8. The van der Waals surface area contributed by atoms with Gasteiger partial charge >= 0.3 is 0 Å². The number of hydrogen-bond acceptors (Lipinski definition) is 6. The first-order chi connectivity index (χ1) is 18.1. The van der Waals surface area contributed by atoms with Gasteiger partial charge in [-0.25, -0.2) is 0 Å². The molecule has 210 valence electrons. The fourth-order valence-corrected chi connectivity index (χ4v) is 9.30. The lowest BCUT2D eigenvalue weighted by Gasteiger charge is -2.38. The lowest BCUT2D eigenvalue weighted by molar-refractivity contribution is -0.143. The van der Waals surface area contributed by atoms with Crippen molar-refractivity contribution in [3.8, 4) is 0 Å². The Balaban J connectivity index is 1.70. The van der Waals surface area contributed by atoms with Gasteiger partial charge in [-0.2, -0.15) is 0 Å². The van der Waals surface area contributed by atoms with Crippen molar-refractivity contribution in [1.29, 1.82) is 0 Å². The van der Waals surface area contributed by atoms with Crippen LogP contribution in [0.4, 0.5) is 11.4 Å². The molecule has 6 atom stereocenters. The first kappa shape index (κ1) is 28.7. The Morgan fingerprint density at radius 2 is 1.79 bits per heavy atom. The number of fused-ring (bicyclic) bond motifs is 1. The number of benzene rings is 1. The molecule has 9 heteroatoms. The second kappa shape index (κ2) is 11.1. The molecule has 1 spiro atoms. The van der Waals surface area contributed by atoms with Crippen LogP contribution in [-0.4, -0.2) is 75.5 Å². The predicted molar refractivity (Wildman–Crippen MR) is 153 cm³/mol. The number of aliphatic hydroxyl groups is 1. The number of carbonyl (C=O) groups excluding carboxylic acids is 3. The zero-order valence-corrected chi connectivity index (χ0v) is 24.4. The van der Waals surface area contributed by atoms with E-state index in [1.807, 2.05) is 45.0 Å². The molecule has 4 rings (SSSR count). The number of nitrogens with zero attached hydrogens (tertiary/aromatic N) is 2. The fraction of sp³-hybridized carbons (Fsp3) is 0.690. The van der Waals surface area contributed by atoms with E-state index in [0.717, 1.165) is 31.6 Å². The summed E-state index contributed by atoms with van der Waals surface area (Å²) in [5.41, 5.74) is 1.76. The SMILES string of the molecule is CCCNC(=O)[C@@H]1[C@H]2C(=O)N([C@@H](CO)C(C)C)C(C(=O)Nc3ccc(N(CC)CC)cc3)C23CC[C@@]1(C)S3. The van der Waals surface area contributed by atoms with Crippen LogP contribution in [0.3, 0.4) is 0 Å². The van der Waals surface area contributed by atoms with Gasteiger partial charge in [0, 0.05) is 35.8 Å². The maximum absolute atomic E-state index is 14.2. The first-order valence-electron chi connectivity index (χ1n) is 14.1. The molecule has 2 unspecified atom stereocenters. The lowest BCUT2D eigenvalue weighted by atomic mass is 9.66. The summed E-state index contributed by atoms with van der Waals surface area (Å²) in [5.74, 6) is -1.66. The van der Waals surface area contributed by atoms with E-state index in [9.17, 15) is 19.5 Å². The first-order valence-corrected chi connectivity index (χ1v) is 15.0. The molecule has 3 fully saturated rings. The van der Waals surface area contributed by atoms with Crippen LogP contribution in [-0.2, 0) is 14.4 Å². The maximum Gasteiger partial charge on any atom is 0.248 e. The molecule has 8 nitrogen and oxygen atoms in total. The average Bonchev–Trinajstić information content (AvgIpc) is 3.45. The van der Waals surface area contributed by atoms with Crippen LogP contribution in [0.15, 0.2) is 24.3 Å². The molecular weight excluding hydrogens is 500 g/mol. The summed E-state index contributed by atoms with van der Waals surface area (Å²) in [6, 6.07) is 6.52. The van der Waals surface area contributed by atoms with Crippen LogP contribution in [0.5, 0.6) is 0 Å². The molecule has 3 saturated heterocycles. The minimum atomic E-state index is -0.766. The summed E-state index contributed by atoms with van der Waals surface area (Å²) >= 11 is 1.66. The molecule has 1 aromatic carbocycles. The molecular formula is C29H44N4O4S. The van der Waals surface area contributed by atoms with Crippen molar-refractivity contribution in [2.75, 3.05) is 36.5 Å². The summed E-state index contributed by atoms with van der Waals surface area (Å²) in [6.45, 7) is 14.3. The van der Waals surface area contributed by atoms with E-state index in [0.29, 0.717) is 18.7 Å². The van der Waals surface area contributed by atoms with E-state index in [1.54, 1.807) is 16.7 Å². The Labute approximate surface area is 231 Å². The molecule has 0 aliphatic carbocycles. The third-order valence-corrected chi connectivity index (χ3v) is 10.9. The van der Waals surface area contributed by atoms with Crippen molar-refractivity contribution < 1.29 is 19.5 Å². The Morgan fingerprint density at radius 3 is 2.34 bits per heavy atom. The summed E-state index contributed by atoms with van der Waals surface area (Å²) in [5, 5.41) is 16.5. The summed E-state index contributed by atoms with van der Waals surface area (Å²) < 4.78 is -1.10. The van der Waals surface area contributed by atoms with Crippen molar-refractivity contribution in [3.05, 3.63) is 24.3 Å². The smallest absolute Gasteiger partial charge is 0.248 e. The second-order valence-corrected chi connectivity index (χ2v) is 13.4. The topological polar surface area (TPSA) is 102 Å². The molecule has 1 aromatic rings. The molecule has 3 amide bonds. The summed E-state index contributed by atoms with van der Waals surface area (Å²) in [4.78, 5) is 45.6. The molecule has 0 saturated carbocycles. The van der Waals surface area contributed by atoms with Crippen LogP contribution in [0.1, 0.15) is 60.8 Å². The Morgan fingerprint density at radius 1 is 1.13 bits per heavy atom. The highest BCUT2D eigenvalue weighted by Gasteiger charge is 2.77. The minimum Gasteiger partial charge on any atom is -0.394 e. The van der Waals surface area contributed by atoms with Gasteiger partial charge in [0.25, 0.3) is 0 Å². The van der Waals surface area contributed by atoms with Crippen molar-refractivity contribution in [2.45, 2.75) is 82.4 Å². The van der Waals surface area contributed by atoms with Gasteiger partial charge in [-0.3, -0.25) is 14.4 Å². The number of likely N-dealkylation sites (tertiary alicyclic amines) is 1. The van der Waals surface area contributed by atoms with Gasteiger partial charge in [0.1, 0.15) is 6.04 Å². The van der Waals surface area contributed by atoms with Crippen LogP contribution >= 0.6 is 11.8 Å². The van der Waals surface area contributed by atoms with Gasteiger partial charge in [0.05, 0.1) is 29.2 Å². The monoisotopic (exact) mass is 544 g/mol. The van der Waals surface area contributed by atoms with E-state index in [4.69, 9.17) is 0 Å². The van der Waals surface area contributed by atoms with Crippen molar-refractivity contribution in [3.63, 3.8) is 0 Å². The van der Waals surface area contributed by atoms with Gasteiger partial charge < -0.3 is 25.5 Å². The third kappa shape index (κ3) is 4.59. The van der Waals surface area contributed by atoms with Crippen LogP contribution in [0.25, 0.3) is 0 Å².